The fourth-order valence-electron chi connectivity index (χ4n) is 2.97. The van der Waals surface area contributed by atoms with Gasteiger partial charge in [-0.25, -0.2) is 0 Å². The van der Waals surface area contributed by atoms with Gasteiger partial charge in [0.05, 0.1) is 11.5 Å². The number of methoxy groups -OCH3 is 1. The first kappa shape index (κ1) is 15.9. The van der Waals surface area contributed by atoms with Crippen LogP contribution in [0.15, 0.2) is 24.3 Å². The first-order chi connectivity index (χ1) is 10.1. The van der Waals surface area contributed by atoms with Crippen LogP contribution in [0.1, 0.15) is 30.9 Å². The maximum absolute atomic E-state index is 10.8. The molecular formula is C15H23N3O3. The molecule has 1 heterocycles. The van der Waals surface area contributed by atoms with E-state index in [1.807, 2.05) is 12.1 Å². The summed E-state index contributed by atoms with van der Waals surface area (Å²) in [4.78, 5) is 12.7. The number of hydrogen-bond acceptors (Lipinski definition) is 5. The predicted molar refractivity (Wildman–Crippen MR) is 81.1 cm³/mol. The summed E-state index contributed by atoms with van der Waals surface area (Å²) in [5.41, 5.74) is 7.52. The van der Waals surface area contributed by atoms with E-state index in [9.17, 15) is 10.1 Å². The van der Waals surface area contributed by atoms with Crippen molar-refractivity contribution < 1.29 is 9.66 Å². The van der Waals surface area contributed by atoms with Crippen molar-refractivity contribution in [2.45, 2.75) is 31.3 Å². The summed E-state index contributed by atoms with van der Waals surface area (Å²) in [5, 5.41) is 10.8. The normalized spacial score (nSPS) is 23.7. The molecule has 21 heavy (non-hydrogen) atoms. The van der Waals surface area contributed by atoms with Crippen molar-refractivity contribution in [1.82, 2.24) is 4.90 Å². The van der Waals surface area contributed by atoms with Crippen LogP contribution in [0.3, 0.4) is 0 Å². The van der Waals surface area contributed by atoms with Crippen molar-refractivity contribution in [2.75, 3.05) is 26.8 Å². The molecule has 1 aromatic rings. The molecule has 2 unspecified atom stereocenters. The molecule has 0 aromatic heterocycles. The Hall–Kier alpha value is -1.50. The first-order valence-electron chi connectivity index (χ1n) is 7.36. The molecule has 6 heteroatoms. The van der Waals surface area contributed by atoms with Gasteiger partial charge in [-0.2, -0.15) is 0 Å². The van der Waals surface area contributed by atoms with Gasteiger partial charge in [0.1, 0.15) is 0 Å². The van der Waals surface area contributed by atoms with Crippen LogP contribution < -0.4 is 5.73 Å². The smallest absolute Gasteiger partial charge is 0.269 e. The molecule has 0 aliphatic carbocycles. The lowest BCUT2D eigenvalue weighted by Gasteiger charge is -2.33. The van der Waals surface area contributed by atoms with Gasteiger partial charge in [0, 0.05) is 37.9 Å². The molecule has 1 aliphatic heterocycles. The Morgan fingerprint density at radius 2 is 2.10 bits per heavy atom. The van der Waals surface area contributed by atoms with Crippen molar-refractivity contribution in [3.05, 3.63) is 39.9 Å². The Labute approximate surface area is 125 Å². The van der Waals surface area contributed by atoms with Crippen molar-refractivity contribution in [1.29, 1.82) is 0 Å². The molecule has 0 radical (unpaired) electrons. The second-order valence-electron chi connectivity index (χ2n) is 5.48. The van der Waals surface area contributed by atoms with E-state index in [1.54, 1.807) is 19.2 Å². The number of rotatable bonds is 5. The summed E-state index contributed by atoms with van der Waals surface area (Å²) in [5.74, 6) is 0. The van der Waals surface area contributed by atoms with Crippen LogP contribution >= 0.6 is 0 Å². The molecule has 2 rings (SSSR count). The molecule has 1 fully saturated rings. The van der Waals surface area contributed by atoms with E-state index in [0.717, 1.165) is 37.9 Å². The second-order valence-corrected chi connectivity index (χ2v) is 5.48. The Balaban J connectivity index is 2.22. The average Bonchev–Trinajstić information content (AvgIpc) is 2.66. The molecular weight excluding hydrogens is 270 g/mol. The maximum Gasteiger partial charge on any atom is 0.269 e. The molecule has 0 bridgehead atoms. The average molecular weight is 293 g/mol. The third-order valence-corrected chi connectivity index (χ3v) is 4.06. The molecule has 2 atom stereocenters. The van der Waals surface area contributed by atoms with E-state index in [0.29, 0.717) is 6.61 Å². The highest BCUT2D eigenvalue weighted by atomic mass is 16.6. The number of benzene rings is 1. The minimum Gasteiger partial charge on any atom is -0.383 e. The highest BCUT2D eigenvalue weighted by Crippen LogP contribution is 2.30. The Morgan fingerprint density at radius 3 is 2.71 bits per heavy atom. The molecule has 1 aliphatic rings. The zero-order valence-corrected chi connectivity index (χ0v) is 12.4. The van der Waals surface area contributed by atoms with Crippen LogP contribution in [-0.4, -0.2) is 42.7 Å². The zero-order chi connectivity index (χ0) is 15.2. The molecule has 1 saturated heterocycles. The first-order valence-corrected chi connectivity index (χ1v) is 7.36. The van der Waals surface area contributed by atoms with Crippen molar-refractivity contribution >= 4 is 5.69 Å². The third-order valence-electron chi connectivity index (χ3n) is 4.06. The summed E-state index contributed by atoms with van der Waals surface area (Å²) in [6.45, 7) is 2.47. The van der Waals surface area contributed by atoms with Gasteiger partial charge in [0.25, 0.3) is 5.69 Å². The number of nitrogens with zero attached hydrogens (tertiary/aromatic N) is 2. The van der Waals surface area contributed by atoms with Crippen molar-refractivity contribution in [3.8, 4) is 0 Å². The summed E-state index contributed by atoms with van der Waals surface area (Å²) < 4.78 is 5.18. The maximum atomic E-state index is 10.8. The largest absolute Gasteiger partial charge is 0.383 e. The minimum absolute atomic E-state index is 0.0470. The van der Waals surface area contributed by atoms with Gasteiger partial charge in [-0.15, -0.1) is 0 Å². The quantitative estimate of drug-likeness (QED) is 0.664. The number of hydrogen-bond donors (Lipinski definition) is 1. The van der Waals surface area contributed by atoms with Gasteiger partial charge >= 0.3 is 0 Å². The topological polar surface area (TPSA) is 81.6 Å². The summed E-state index contributed by atoms with van der Waals surface area (Å²) in [6, 6.07) is 6.92. The number of non-ortho nitro benzene ring substituents is 1. The summed E-state index contributed by atoms with van der Waals surface area (Å²) in [7, 11) is 1.69. The van der Waals surface area contributed by atoms with Crippen LogP contribution in [0.4, 0.5) is 5.69 Å². The lowest BCUT2D eigenvalue weighted by molar-refractivity contribution is -0.384. The van der Waals surface area contributed by atoms with E-state index in [2.05, 4.69) is 4.90 Å². The van der Waals surface area contributed by atoms with Crippen molar-refractivity contribution in [2.24, 2.45) is 5.73 Å². The van der Waals surface area contributed by atoms with E-state index in [1.165, 1.54) is 0 Å². The van der Waals surface area contributed by atoms with Crippen LogP contribution in [-0.2, 0) is 4.74 Å². The predicted octanol–water partition coefficient (Wildman–Crippen LogP) is 2.10. The van der Waals surface area contributed by atoms with E-state index in [-0.39, 0.29) is 22.7 Å². The van der Waals surface area contributed by atoms with E-state index < -0.39 is 0 Å². The molecule has 0 saturated carbocycles. The van der Waals surface area contributed by atoms with E-state index >= 15 is 0 Å². The van der Waals surface area contributed by atoms with E-state index in [4.69, 9.17) is 10.5 Å². The van der Waals surface area contributed by atoms with Gasteiger partial charge in [-0.05, 0) is 24.9 Å². The van der Waals surface area contributed by atoms with Gasteiger partial charge in [0.15, 0.2) is 0 Å². The minimum atomic E-state index is -0.376. The Bertz CT molecular complexity index is 464. The van der Waals surface area contributed by atoms with Crippen LogP contribution in [0.25, 0.3) is 0 Å². The number of nitro benzene ring substituents is 1. The number of nitro groups is 1. The highest BCUT2D eigenvalue weighted by Gasteiger charge is 2.28. The lowest BCUT2D eigenvalue weighted by atomic mass is 9.96. The van der Waals surface area contributed by atoms with Crippen LogP contribution in [0, 0.1) is 10.1 Å². The fraction of sp³-hybridized carbons (Fsp3) is 0.600. The second kappa shape index (κ2) is 7.49. The lowest BCUT2D eigenvalue weighted by Crippen LogP contribution is -2.41. The summed E-state index contributed by atoms with van der Waals surface area (Å²) in [6.07, 6.45) is 3.22. The van der Waals surface area contributed by atoms with Gasteiger partial charge in [0.2, 0.25) is 0 Å². The van der Waals surface area contributed by atoms with Crippen LogP contribution in [0.5, 0.6) is 0 Å². The standard InChI is InChI=1S/C15H23N3O3/c1-21-11-10-17-9-3-2-4-14(16)15(17)12-5-7-13(8-6-12)18(19)20/h5-8,14-15H,2-4,9-11,16H2,1H3. The van der Waals surface area contributed by atoms with Gasteiger partial charge < -0.3 is 10.5 Å². The fourth-order valence-corrected chi connectivity index (χ4v) is 2.97. The SMILES string of the molecule is COCCN1CCCCC(N)C1c1ccc([N+](=O)[O-])cc1. The Kier molecular flexibility index (Phi) is 5.67. The zero-order valence-electron chi connectivity index (χ0n) is 12.4. The number of nitrogens with two attached hydrogens (primary N) is 1. The molecule has 1 aromatic carbocycles. The number of ether oxygens (including phenoxy) is 1. The van der Waals surface area contributed by atoms with Crippen LogP contribution in [0.2, 0.25) is 0 Å². The molecule has 6 nitrogen and oxygen atoms in total. The molecule has 116 valence electrons. The monoisotopic (exact) mass is 293 g/mol. The van der Waals surface area contributed by atoms with Gasteiger partial charge in [-0.1, -0.05) is 18.6 Å². The highest BCUT2D eigenvalue weighted by molar-refractivity contribution is 5.34. The van der Waals surface area contributed by atoms with Crippen molar-refractivity contribution in [3.63, 3.8) is 0 Å². The molecule has 0 spiro atoms. The van der Waals surface area contributed by atoms with Gasteiger partial charge in [-0.3, -0.25) is 15.0 Å². The third kappa shape index (κ3) is 4.00. The Morgan fingerprint density at radius 1 is 1.38 bits per heavy atom. The molecule has 2 N–H and O–H groups in total. The number of likely N-dealkylation sites (tertiary alicyclic amines) is 1. The summed E-state index contributed by atoms with van der Waals surface area (Å²) >= 11 is 0. The molecule has 0 amide bonds.